The molecular weight excluding hydrogens is 315 g/mol. The van der Waals surface area contributed by atoms with Crippen LogP contribution in [0, 0.1) is 0 Å². The fourth-order valence-corrected chi connectivity index (χ4v) is 2.39. The van der Waals surface area contributed by atoms with Crippen LogP contribution in [0.5, 0.6) is 0 Å². The highest BCUT2D eigenvalue weighted by molar-refractivity contribution is 14.2. The lowest BCUT2D eigenvalue weighted by Gasteiger charge is -2.14. The normalized spacial score (nSPS) is 15.5. The van der Waals surface area contributed by atoms with Gasteiger partial charge in [0.15, 0.2) is 5.82 Å². The topological polar surface area (TPSA) is 28.5 Å². The van der Waals surface area contributed by atoms with Gasteiger partial charge >= 0.3 is 0 Å². The first-order valence-electron chi connectivity index (χ1n) is 4.19. The molecule has 0 fully saturated rings. The molecule has 0 aromatic carbocycles. The number of hydrogen-bond acceptors (Lipinski definition) is 3. The Morgan fingerprint density at radius 2 is 2.27 bits per heavy atom. The van der Waals surface area contributed by atoms with Gasteiger partial charge in [0.2, 0.25) is 0 Å². The van der Waals surface area contributed by atoms with Gasteiger partial charge in [0.25, 0.3) is 5.92 Å². The number of anilines is 1. The lowest BCUT2D eigenvalue weighted by molar-refractivity contribution is 0.0174. The number of halogens is 3. The monoisotopic (exact) mass is 323 g/mol. The SMILES string of the molecule is CC(F)(F)c1ccnc(N2C=IC=N2)c1. The summed E-state index contributed by atoms with van der Waals surface area (Å²) in [7, 11) is 0. The van der Waals surface area contributed by atoms with Crippen molar-refractivity contribution in [1.29, 1.82) is 0 Å². The predicted octanol–water partition coefficient (Wildman–Crippen LogP) is 2.69. The summed E-state index contributed by atoms with van der Waals surface area (Å²) in [5.74, 6) is -2.39. The molecule has 1 aromatic rings. The molecule has 1 aromatic heterocycles. The summed E-state index contributed by atoms with van der Waals surface area (Å²) in [4.78, 5) is 4.00. The summed E-state index contributed by atoms with van der Waals surface area (Å²) in [5.41, 5.74) is -0.0406. The Kier molecular flexibility index (Phi) is 2.76. The highest BCUT2D eigenvalue weighted by atomic mass is 127. The maximum Gasteiger partial charge on any atom is 0.270 e. The average molecular weight is 323 g/mol. The van der Waals surface area contributed by atoms with Gasteiger partial charge in [-0.3, -0.25) is 0 Å². The molecule has 0 bridgehead atoms. The summed E-state index contributed by atoms with van der Waals surface area (Å²) >= 11 is -0.181. The van der Waals surface area contributed by atoms with Crippen molar-refractivity contribution in [2.75, 3.05) is 5.01 Å². The van der Waals surface area contributed by atoms with Crippen molar-refractivity contribution in [3.8, 4) is 0 Å². The van der Waals surface area contributed by atoms with Crippen molar-refractivity contribution < 1.29 is 8.78 Å². The molecule has 0 saturated carbocycles. The second kappa shape index (κ2) is 3.92. The van der Waals surface area contributed by atoms with Crippen LogP contribution in [0.3, 0.4) is 0 Å². The van der Waals surface area contributed by atoms with E-state index in [0.29, 0.717) is 5.82 Å². The van der Waals surface area contributed by atoms with E-state index in [9.17, 15) is 8.78 Å². The lowest BCUT2D eigenvalue weighted by Crippen LogP contribution is -2.13. The third-order valence-corrected chi connectivity index (χ3v) is 3.28. The molecule has 0 saturated heterocycles. The fraction of sp³-hybridized carbons (Fsp3) is 0.222. The van der Waals surface area contributed by atoms with E-state index >= 15 is 0 Å². The van der Waals surface area contributed by atoms with E-state index in [1.54, 1.807) is 9.23 Å². The van der Waals surface area contributed by atoms with Gasteiger partial charge in [-0.2, -0.15) is 5.10 Å². The molecule has 0 unspecified atom stereocenters. The van der Waals surface area contributed by atoms with Crippen LogP contribution in [0.1, 0.15) is 12.5 Å². The molecule has 0 N–H and O–H groups in total. The lowest BCUT2D eigenvalue weighted by atomic mass is 10.1. The minimum absolute atomic E-state index is 0.0406. The van der Waals surface area contributed by atoms with Gasteiger partial charge in [-0.15, -0.1) is 0 Å². The van der Waals surface area contributed by atoms with E-state index in [2.05, 4.69) is 10.1 Å². The van der Waals surface area contributed by atoms with Gasteiger partial charge in [0.05, 0.1) is 8.36 Å². The van der Waals surface area contributed by atoms with Crippen LogP contribution in [0.2, 0.25) is 0 Å². The Balaban J connectivity index is 2.34. The molecule has 0 radical (unpaired) electrons. The van der Waals surface area contributed by atoms with Crippen LogP contribution in [0.25, 0.3) is 0 Å². The minimum atomic E-state index is -2.84. The standard InChI is InChI=1S/C9H8F2IN3/c1-9(10,11)7-2-3-13-8(4-7)15-6-12-5-14-15/h2-6H,1H3. The van der Waals surface area contributed by atoms with Crippen molar-refractivity contribution in [3.63, 3.8) is 0 Å². The molecule has 2 heterocycles. The Morgan fingerprint density at radius 1 is 1.47 bits per heavy atom. The molecule has 0 amide bonds. The number of pyridine rings is 1. The Bertz CT molecular complexity index is 414. The minimum Gasteiger partial charge on any atom is -0.237 e. The molecule has 2 rings (SSSR count). The van der Waals surface area contributed by atoms with Crippen LogP contribution in [0.15, 0.2) is 23.4 Å². The zero-order chi connectivity index (χ0) is 10.9. The van der Waals surface area contributed by atoms with Gasteiger partial charge in [0.1, 0.15) is 0 Å². The third kappa shape index (κ3) is 2.36. The maximum atomic E-state index is 13.0. The third-order valence-electron chi connectivity index (χ3n) is 1.86. The number of aromatic nitrogens is 1. The molecule has 0 spiro atoms. The Morgan fingerprint density at radius 3 is 2.87 bits per heavy atom. The molecular formula is C9H8F2IN3. The molecule has 80 valence electrons. The van der Waals surface area contributed by atoms with Crippen molar-refractivity contribution in [2.24, 2.45) is 5.10 Å². The maximum absolute atomic E-state index is 13.0. The van der Waals surface area contributed by atoms with Crippen LogP contribution >= 0.6 is 20.7 Å². The number of hydrogen-bond donors (Lipinski definition) is 0. The molecule has 3 nitrogen and oxygen atoms in total. The molecule has 0 atom stereocenters. The van der Waals surface area contributed by atoms with Gasteiger partial charge in [-0.25, -0.2) is 18.8 Å². The number of alkyl halides is 2. The zero-order valence-electron chi connectivity index (χ0n) is 7.86. The summed E-state index contributed by atoms with van der Waals surface area (Å²) in [6, 6.07) is 2.68. The number of hydrazone groups is 1. The first-order chi connectivity index (χ1) is 7.07. The fourth-order valence-electron chi connectivity index (χ4n) is 1.10. The van der Waals surface area contributed by atoms with E-state index in [-0.39, 0.29) is 26.3 Å². The van der Waals surface area contributed by atoms with Crippen LogP contribution < -0.4 is 5.01 Å². The van der Waals surface area contributed by atoms with Gasteiger partial charge < -0.3 is 0 Å². The zero-order valence-corrected chi connectivity index (χ0v) is 10.0. The van der Waals surface area contributed by atoms with Gasteiger partial charge in [-0.05, 0) is 12.1 Å². The van der Waals surface area contributed by atoms with E-state index < -0.39 is 5.92 Å². The summed E-state index contributed by atoms with van der Waals surface area (Å²) < 4.78 is 29.8. The van der Waals surface area contributed by atoms with Crippen molar-refractivity contribution in [1.82, 2.24) is 4.98 Å². The first kappa shape index (κ1) is 10.6. The summed E-state index contributed by atoms with van der Waals surface area (Å²) in [6.07, 6.45) is 1.38. The van der Waals surface area contributed by atoms with Crippen LogP contribution in [-0.4, -0.2) is 13.3 Å². The molecule has 15 heavy (non-hydrogen) atoms. The average Bonchev–Trinajstić information content (AvgIpc) is 2.69. The van der Waals surface area contributed by atoms with E-state index in [1.807, 2.05) is 4.14 Å². The summed E-state index contributed by atoms with van der Waals surface area (Å²) in [5, 5.41) is 5.57. The second-order valence-corrected chi connectivity index (χ2v) is 4.91. The number of rotatable bonds is 2. The molecule has 1 aliphatic rings. The van der Waals surface area contributed by atoms with Gasteiger partial charge in [-0.1, -0.05) is 20.7 Å². The summed E-state index contributed by atoms with van der Waals surface area (Å²) in [6.45, 7) is 0.871. The highest BCUT2D eigenvalue weighted by Crippen LogP contribution is 2.28. The molecule has 6 heteroatoms. The quantitative estimate of drug-likeness (QED) is 0.783. The van der Waals surface area contributed by atoms with Crippen molar-refractivity contribution in [3.05, 3.63) is 23.9 Å². The van der Waals surface area contributed by atoms with Crippen molar-refractivity contribution >= 4 is 34.9 Å². The predicted molar refractivity (Wildman–Crippen MR) is 64.9 cm³/mol. The van der Waals surface area contributed by atoms with Crippen LogP contribution in [0.4, 0.5) is 14.6 Å². The van der Waals surface area contributed by atoms with Crippen molar-refractivity contribution in [2.45, 2.75) is 12.8 Å². The first-order valence-corrected chi connectivity index (χ1v) is 6.68. The second-order valence-electron chi connectivity index (χ2n) is 3.07. The largest absolute Gasteiger partial charge is 0.270 e. The Labute approximate surface area is 95.6 Å². The van der Waals surface area contributed by atoms with Crippen LogP contribution in [-0.2, 0) is 5.92 Å². The van der Waals surface area contributed by atoms with E-state index in [1.165, 1.54) is 18.3 Å². The number of nitrogens with zero attached hydrogens (tertiary/aromatic N) is 3. The molecule has 0 aliphatic carbocycles. The van der Waals surface area contributed by atoms with Gasteiger partial charge in [0, 0.05) is 18.7 Å². The highest BCUT2D eigenvalue weighted by Gasteiger charge is 2.25. The Hall–Kier alpha value is -0.920. The molecule has 1 aliphatic heterocycles. The van der Waals surface area contributed by atoms with E-state index in [0.717, 1.165) is 6.92 Å². The smallest absolute Gasteiger partial charge is 0.237 e. The van der Waals surface area contributed by atoms with E-state index in [4.69, 9.17) is 0 Å².